The number of pyridine rings is 1. The molecule has 0 saturated heterocycles. The zero-order valence-electron chi connectivity index (χ0n) is 15.4. The molecule has 7 nitrogen and oxygen atoms in total. The first-order valence-corrected chi connectivity index (χ1v) is 9.16. The van der Waals surface area contributed by atoms with Crippen LogP contribution in [0.3, 0.4) is 0 Å². The fourth-order valence-corrected chi connectivity index (χ4v) is 3.21. The van der Waals surface area contributed by atoms with Gasteiger partial charge in [0.2, 0.25) is 0 Å². The lowest BCUT2D eigenvalue weighted by Gasteiger charge is -2.23. The summed E-state index contributed by atoms with van der Waals surface area (Å²) < 4.78 is 12.8. The Morgan fingerprint density at radius 2 is 2.07 bits per heavy atom. The number of carbonyl (C=O) groups excluding carboxylic acids is 1. The molecular weight excluding hydrogens is 344 g/mol. The molecule has 2 aromatic heterocycles. The molecule has 4 rings (SSSR count). The topological polar surface area (TPSA) is 77.8 Å². The zero-order chi connectivity index (χ0) is 18.8. The van der Waals surface area contributed by atoms with Crippen LogP contribution in [0.5, 0.6) is 11.5 Å². The summed E-state index contributed by atoms with van der Waals surface area (Å²) in [5.41, 5.74) is 1.98. The number of nitrogens with zero attached hydrogens (tertiary/aromatic N) is 3. The van der Waals surface area contributed by atoms with Gasteiger partial charge in [-0.05, 0) is 50.1 Å². The predicted molar refractivity (Wildman–Crippen MR) is 102 cm³/mol. The van der Waals surface area contributed by atoms with Crippen LogP contribution < -0.4 is 14.8 Å². The van der Waals surface area contributed by atoms with Crippen molar-refractivity contribution >= 4 is 17.2 Å². The molecule has 1 aliphatic carbocycles. The number of benzene rings is 1. The summed E-state index contributed by atoms with van der Waals surface area (Å²) in [7, 11) is 1.56. The van der Waals surface area contributed by atoms with Gasteiger partial charge in [-0.3, -0.25) is 9.20 Å². The molecule has 1 N–H and O–H groups in total. The number of ether oxygens (including phenoxy) is 2. The van der Waals surface area contributed by atoms with E-state index in [1.165, 1.54) is 6.42 Å². The molecule has 7 heteroatoms. The number of amides is 1. The van der Waals surface area contributed by atoms with Gasteiger partial charge in [0.15, 0.2) is 17.1 Å². The third kappa shape index (κ3) is 3.32. The normalized spacial score (nSPS) is 14.0. The van der Waals surface area contributed by atoms with Crippen molar-refractivity contribution < 1.29 is 14.3 Å². The van der Waals surface area contributed by atoms with Crippen LogP contribution in [-0.4, -0.2) is 34.2 Å². The van der Waals surface area contributed by atoms with Gasteiger partial charge in [0.1, 0.15) is 5.82 Å². The number of carbonyl (C=O) groups is 1. The molecule has 3 aromatic rings. The second kappa shape index (κ2) is 7.26. The average Bonchev–Trinajstić information content (AvgIpc) is 3.04. The Kier molecular flexibility index (Phi) is 4.66. The van der Waals surface area contributed by atoms with E-state index in [4.69, 9.17) is 9.47 Å². The van der Waals surface area contributed by atoms with E-state index in [-0.39, 0.29) is 5.91 Å². The highest BCUT2D eigenvalue weighted by Crippen LogP contribution is 2.35. The van der Waals surface area contributed by atoms with Crippen LogP contribution in [0, 0.1) is 0 Å². The summed E-state index contributed by atoms with van der Waals surface area (Å²) in [6.07, 6.45) is 5.40. The first-order chi connectivity index (χ1) is 13.2. The molecule has 0 atom stereocenters. The number of rotatable bonds is 6. The van der Waals surface area contributed by atoms with Crippen molar-refractivity contribution in [2.24, 2.45) is 0 Å². The summed E-state index contributed by atoms with van der Waals surface area (Å²) >= 11 is 0. The molecule has 0 spiro atoms. The molecule has 1 fully saturated rings. The molecule has 140 valence electrons. The third-order valence-corrected chi connectivity index (χ3v) is 4.88. The minimum absolute atomic E-state index is 0.214. The molecule has 0 radical (unpaired) electrons. The average molecular weight is 366 g/mol. The Bertz CT molecular complexity index is 979. The second-order valence-electron chi connectivity index (χ2n) is 6.58. The Hall–Kier alpha value is -3.09. The summed E-state index contributed by atoms with van der Waals surface area (Å²) in [5.74, 6) is 2.36. The van der Waals surface area contributed by atoms with E-state index in [0.29, 0.717) is 35.3 Å². The SMILES string of the molecule is CCOc1ccc(C(=O)Nc2ccc3nnc(C4CCC4)n3c2)cc1OC. The molecule has 1 aliphatic rings. The van der Waals surface area contributed by atoms with Crippen LogP contribution in [0.4, 0.5) is 5.69 Å². The number of fused-ring (bicyclic) bond motifs is 1. The zero-order valence-corrected chi connectivity index (χ0v) is 15.4. The molecule has 0 aliphatic heterocycles. The lowest BCUT2D eigenvalue weighted by atomic mass is 9.85. The summed E-state index contributed by atoms with van der Waals surface area (Å²) in [4.78, 5) is 12.7. The Labute approximate surface area is 157 Å². The van der Waals surface area contributed by atoms with Gasteiger partial charge in [0.05, 0.1) is 19.4 Å². The van der Waals surface area contributed by atoms with E-state index in [9.17, 15) is 4.79 Å². The maximum Gasteiger partial charge on any atom is 0.255 e. The Balaban J connectivity index is 1.57. The van der Waals surface area contributed by atoms with Crippen molar-refractivity contribution in [2.45, 2.75) is 32.1 Å². The highest BCUT2D eigenvalue weighted by Gasteiger charge is 2.24. The fourth-order valence-electron chi connectivity index (χ4n) is 3.21. The molecule has 0 bridgehead atoms. The van der Waals surface area contributed by atoms with Gasteiger partial charge in [0, 0.05) is 17.7 Å². The Morgan fingerprint density at radius 3 is 2.78 bits per heavy atom. The standard InChI is InChI=1S/C20H22N4O3/c1-3-27-16-9-7-14(11-17(16)26-2)20(25)21-15-8-10-18-22-23-19(24(18)12-15)13-5-4-6-13/h7-13H,3-6H2,1-2H3,(H,21,25). The maximum absolute atomic E-state index is 12.7. The smallest absolute Gasteiger partial charge is 0.255 e. The van der Waals surface area contributed by atoms with Gasteiger partial charge in [-0.1, -0.05) is 6.42 Å². The number of aromatic nitrogens is 3. The highest BCUT2D eigenvalue weighted by atomic mass is 16.5. The first-order valence-electron chi connectivity index (χ1n) is 9.16. The fraction of sp³-hybridized carbons (Fsp3) is 0.350. The number of nitrogens with one attached hydrogen (secondary N) is 1. The Morgan fingerprint density at radius 1 is 1.22 bits per heavy atom. The van der Waals surface area contributed by atoms with Gasteiger partial charge in [0.25, 0.3) is 5.91 Å². The van der Waals surface area contributed by atoms with E-state index in [1.807, 2.05) is 29.7 Å². The first kappa shape index (κ1) is 17.3. The predicted octanol–water partition coefficient (Wildman–Crippen LogP) is 3.66. The van der Waals surface area contributed by atoms with Crippen LogP contribution in [0.1, 0.15) is 48.3 Å². The van der Waals surface area contributed by atoms with Crippen LogP contribution in [0.15, 0.2) is 36.5 Å². The minimum atomic E-state index is -0.214. The van der Waals surface area contributed by atoms with E-state index >= 15 is 0 Å². The van der Waals surface area contributed by atoms with Crippen molar-refractivity contribution in [3.8, 4) is 11.5 Å². The number of methoxy groups -OCH3 is 1. The van der Waals surface area contributed by atoms with Crippen molar-refractivity contribution in [2.75, 3.05) is 19.0 Å². The van der Waals surface area contributed by atoms with Crippen LogP contribution >= 0.6 is 0 Å². The van der Waals surface area contributed by atoms with Gasteiger partial charge < -0.3 is 14.8 Å². The van der Waals surface area contributed by atoms with Crippen molar-refractivity contribution in [3.05, 3.63) is 47.9 Å². The molecule has 2 heterocycles. The van der Waals surface area contributed by atoms with Gasteiger partial charge >= 0.3 is 0 Å². The van der Waals surface area contributed by atoms with E-state index in [1.54, 1.807) is 25.3 Å². The molecule has 1 amide bonds. The summed E-state index contributed by atoms with van der Waals surface area (Å²) in [5, 5.41) is 11.5. The lowest BCUT2D eigenvalue weighted by molar-refractivity contribution is 0.102. The quantitative estimate of drug-likeness (QED) is 0.720. The van der Waals surface area contributed by atoms with Crippen LogP contribution in [0.25, 0.3) is 5.65 Å². The molecule has 0 unspecified atom stereocenters. The van der Waals surface area contributed by atoms with Gasteiger partial charge in [-0.2, -0.15) is 0 Å². The van der Waals surface area contributed by atoms with E-state index in [2.05, 4.69) is 15.5 Å². The van der Waals surface area contributed by atoms with Gasteiger partial charge in [-0.25, -0.2) is 0 Å². The van der Waals surface area contributed by atoms with Crippen molar-refractivity contribution in [1.29, 1.82) is 0 Å². The second-order valence-corrected chi connectivity index (χ2v) is 6.58. The van der Waals surface area contributed by atoms with Crippen LogP contribution in [-0.2, 0) is 0 Å². The van der Waals surface area contributed by atoms with Crippen LogP contribution in [0.2, 0.25) is 0 Å². The summed E-state index contributed by atoms with van der Waals surface area (Å²) in [6, 6.07) is 8.84. The largest absolute Gasteiger partial charge is 0.493 e. The number of hydrogen-bond acceptors (Lipinski definition) is 5. The maximum atomic E-state index is 12.7. The van der Waals surface area contributed by atoms with Crippen molar-refractivity contribution in [3.63, 3.8) is 0 Å². The summed E-state index contributed by atoms with van der Waals surface area (Å²) in [6.45, 7) is 2.43. The molecule has 1 aromatic carbocycles. The lowest BCUT2D eigenvalue weighted by Crippen LogP contribution is -2.14. The minimum Gasteiger partial charge on any atom is -0.493 e. The van der Waals surface area contributed by atoms with Gasteiger partial charge in [-0.15, -0.1) is 10.2 Å². The van der Waals surface area contributed by atoms with E-state index in [0.717, 1.165) is 24.3 Å². The number of anilines is 1. The third-order valence-electron chi connectivity index (χ3n) is 4.88. The monoisotopic (exact) mass is 366 g/mol. The molecule has 1 saturated carbocycles. The number of hydrogen-bond donors (Lipinski definition) is 1. The van der Waals surface area contributed by atoms with E-state index < -0.39 is 0 Å². The molecule has 27 heavy (non-hydrogen) atoms. The molecular formula is C20H22N4O3. The highest BCUT2D eigenvalue weighted by molar-refractivity contribution is 6.04. The van der Waals surface area contributed by atoms with Crippen molar-refractivity contribution in [1.82, 2.24) is 14.6 Å².